The largest absolute Gasteiger partial charge is 0.465 e. The van der Waals surface area contributed by atoms with Crippen LogP contribution in [0.1, 0.15) is 18.5 Å². The van der Waals surface area contributed by atoms with E-state index in [-0.39, 0.29) is 5.92 Å². The van der Waals surface area contributed by atoms with Crippen LogP contribution < -0.4 is 4.90 Å². The first-order chi connectivity index (χ1) is 15.0. The van der Waals surface area contributed by atoms with Gasteiger partial charge in [0, 0.05) is 36.6 Å². The molecule has 1 aliphatic heterocycles. The number of hydrogen-bond acceptors (Lipinski definition) is 5. The molecule has 6 nitrogen and oxygen atoms in total. The first kappa shape index (κ1) is 21.2. The van der Waals surface area contributed by atoms with E-state index in [0.717, 1.165) is 43.5 Å². The van der Waals surface area contributed by atoms with Gasteiger partial charge in [-0.1, -0.05) is 6.07 Å². The van der Waals surface area contributed by atoms with Gasteiger partial charge < -0.3 is 14.9 Å². The van der Waals surface area contributed by atoms with Crippen LogP contribution in [0.5, 0.6) is 0 Å². The van der Waals surface area contributed by atoms with E-state index in [9.17, 15) is 18.7 Å². The van der Waals surface area contributed by atoms with Gasteiger partial charge in [0.25, 0.3) is 0 Å². The Balaban J connectivity index is 1.39. The van der Waals surface area contributed by atoms with Crippen molar-refractivity contribution in [1.82, 2.24) is 14.9 Å². The zero-order valence-corrected chi connectivity index (χ0v) is 17.6. The summed E-state index contributed by atoms with van der Waals surface area (Å²) in [7, 11) is 0. The maximum atomic E-state index is 13.6. The van der Waals surface area contributed by atoms with Gasteiger partial charge in [0.2, 0.25) is 0 Å². The Kier molecular flexibility index (Phi) is 6.41. The van der Waals surface area contributed by atoms with E-state index in [1.807, 2.05) is 17.5 Å². The summed E-state index contributed by atoms with van der Waals surface area (Å²) in [5, 5.41) is 11.4. The van der Waals surface area contributed by atoms with Crippen LogP contribution in [-0.2, 0) is 6.54 Å². The van der Waals surface area contributed by atoms with Crippen molar-refractivity contribution in [3.63, 3.8) is 0 Å². The Hall–Kier alpha value is -3.07. The van der Waals surface area contributed by atoms with Crippen LogP contribution in [-0.4, -0.2) is 45.7 Å². The number of halogens is 2. The van der Waals surface area contributed by atoms with Crippen LogP contribution in [0.15, 0.2) is 47.3 Å². The molecule has 1 amide bonds. The van der Waals surface area contributed by atoms with E-state index in [1.165, 1.54) is 28.4 Å². The third kappa shape index (κ3) is 5.35. The monoisotopic (exact) mass is 444 g/mol. The number of thiazole rings is 1. The number of rotatable bonds is 6. The number of nitrogens with zero attached hydrogens (tertiary/aromatic N) is 4. The highest BCUT2D eigenvalue weighted by molar-refractivity contribution is 7.07. The van der Waals surface area contributed by atoms with Crippen LogP contribution in [0.2, 0.25) is 0 Å². The van der Waals surface area contributed by atoms with Crippen molar-refractivity contribution in [2.45, 2.75) is 19.4 Å². The van der Waals surface area contributed by atoms with Crippen molar-refractivity contribution in [2.75, 3.05) is 24.5 Å². The highest BCUT2D eigenvalue weighted by Crippen LogP contribution is 2.26. The number of anilines is 1. The molecule has 4 rings (SSSR count). The Bertz CT molecular complexity index is 1020. The summed E-state index contributed by atoms with van der Waals surface area (Å²) in [5.41, 5.74) is 3.37. The van der Waals surface area contributed by atoms with E-state index in [1.54, 1.807) is 11.6 Å². The molecule has 0 aliphatic carbocycles. The molecule has 0 atom stereocenters. The molecule has 1 saturated heterocycles. The van der Waals surface area contributed by atoms with Crippen LogP contribution in [0.4, 0.5) is 19.4 Å². The molecule has 1 aromatic carbocycles. The molecule has 3 heterocycles. The van der Waals surface area contributed by atoms with Crippen molar-refractivity contribution < 1.29 is 18.7 Å². The minimum absolute atomic E-state index is 0.256. The predicted molar refractivity (Wildman–Crippen MR) is 115 cm³/mol. The number of amides is 1. The summed E-state index contributed by atoms with van der Waals surface area (Å²) >= 11 is 1.45. The number of benzene rings is 1. The summed E-state index contributed by atoms with van der Waals surface area (Å²) in [4.78, 5) is 24.0. The van der Waals surface area contributed by atoms with E-state index in [4.69, 9.17) is 0 Å². The molecular formula is C22H22F2N4O2S. The summed E-state index contributed by atoms with van der Waals surface area (Å²) in [6.45, 7) is 2.25. The fourth-order valence-electron chi connectivity index (χ4n) is 3.84. The maximum Gasteiger partial charge on any atom is 0.407 e. The molecule has 9 heteroatoms. The summed E-state index contributed by atoms with van der Waals surface area (Å²) in [6.07, 6.45) is 0.731. The molecule has 0 saturated carbocycles. The zero-order chi connectivity index (χ0) is 21.8. The van der Waals surface area contributed by atoms with E-state index in [0.29, 0.717) is 24.3 Å². The minimum atomic E-state index is -0.938. The standard InChI is InChI=1S/C22H22F2N4O2S/c23-17-8-16(9-18(24)10-17)20-2-1-3-21(26-20)27-6-4-15(5-7-27)11-28(22(29)30)12-19-13-31-14-25-19/h1-3,8-10,13-15H,4-7,11-12H2,(H,29,30). The minimum Gasteiger partial charge on any atom is -0.465 e. The molecular weight excluding hydrogens is 422 g/mol. The molecule has 0 bridgehead atoms. The second-order valence-corrected chi connectivity index (χ2v) is 8.33. The Morgan fingerprint density at radius 3 is 2.58 bits per heavy atom. The maximum absolute atomic E-state index is 13.6. The number of carboxylic acid groups (broad SMARTS) is 1. The fourth-order valence-corrected chi connectivity index (χ4v) is 4.39. The average molecular weight is 445 g/mol. The molecule has 1 aliphatic rings. The van der Waals surface area contributed by atoms with E-state index < -0.39 is 17.7 Å². The number of piperidine rings is 1. The van der Waals surface area contributed by atoms with Gasteiger partial charge in [-0.25, -0.2) is 23.5 Å². The summed E-state index contributed by atoms with van der Waals surface area (Å²) in [5.74, 6) is -0.267. The van der Waals surface area contributed by atoms with Crippen molar-refractivity contribution in [3.8, 4) is 11.3 Å². The van der Waals surface area contributed by atoms with Gasteiger partial charge in [0.15, 0.2) is 0 Å². The first-order valence-corrected chi connectivity index (χ1v) is 11.0. The number of hydrogen-bond donors (Lipinski definition) is 1. The van der Waals surface area contributed by atoms with E-state index in [2.05, 4.69) is 14.9 Å². The summed E-state index contributed by atoms with van der Waals surface area (Å²) < 4.78 is 27.1. The van der Waals surface area contributed by atoms with Crippen molar-refractivity contribution in [3.05, 3.63) is 64.6 Å². The second-order valence-electron chi connectivity index (χ2n) is 7.61. The van der Waals surface area contributed by atoms with Crippen LogP contribution in [0.25, 0.3) is 11.3 Å². The lowest BCUT2D eigenvalue weighted by Crippen LogP contribution is -2.40. The number of pyridine rings is 1. The third-order valence-corrected chi connectivity index (χ3v) is 6.05. The van der Waals surface area contributed by atoms with Gasteiger partial charge in [-0.3, -0.25) is 0 Å². The van der Waals surface area contributed by atoms with Gasteiger partial charge in [0.05, 0.1) is 23.4 Å². The lowest BCUT2D eigenvalue weighted by atomic mass is 9.96. The Morgan fingerprint density at radius 1 is 1.19 bits per heavy atom. The lowest BCUT2D eigenvalue weighted by Gasteiger charge is -2.34. The smallest absolute Gasteiger partial charge is 0.407 e. The molecule has 0 radical (unpaired) electrons. The van der Waals surface area contributed by atoms with E-state index >= 15 is 0 Å². The normalized spacial score (nSPS) is 14.6. The molecule has 1 N–H and O–H groups in total. The van der Waals surface area contributed by atoms with Crippen LogP contribution >= 0.6 is 11.3 Å². The molecule has 0 spiro atoms. The quantitative estimate of drug-likeness (QED) is 0.587. The zero-order valence-electron chi connectivity index (χ0n) is 16.7. The molecule has 1 fully saturated rings. The predicted octanol–water partition coefficient (Wildman–Crippen LogP) is 4.88. The second kappa shape index (κ2) is 9.38. The molecule has 162 valence electrons. The topological polar surface area (TPSA) is 69.6 Å². The van der Waals surface area contributed by atoms with Crippen molar-refractivity contribution in [1.29, 1.82) is 0 Å². The van der Waals surface area contributed by atoms with Gasteiger partial charge in [-0.15, -0.1) is 11.3 Å². The Morgan fingerprint density at radius 2 is 1.94 bits per heavy atom. The SMILES string of the molecule is O=C(O)N(Cc1cscn1)CC1CCN(c2cccc(-c3cc(F)cc(F)c3)n2)CC1. The highest BCUT2D eigenvalue weighted by Gasteiger charge is 2.25. The third-order valence-electron chi connectivity index (χ3n) is 5.42. The molecule has 3 aromatic rings. The van der Waals surface area contributed by atoms with Crippen LogP contribution in [0, 0.1) is 17.6 Å². The number of carbonyl (C=O) groups is 1. The average Bonchev–Trinajstić information content (AvgIpc) is 3.26. The van der Waals surface area contributed by atoms with Gasteiger partial charge >= 0.3 is 6.09 Å². The molecule has 0 unspecified atom stereocenters. The van der Waals surface area contributed by atoms with Crippen molar-refractivity contribution >= 4 is 23.2 Å². The molecule has 2 aromatic heterocycles. The summed E-state index contributed by atoms with van der Waals surface area (Å²) in [6, 6.07) is 8.81. The Labute approximate surface area is 182 Å². The van der Waals surface area contributed by atoms with Crippen LogP contribution in [0.3, 0.4) is 0 Å². The highest BCUT2D eigenvalue weighted by atomic mass is 32.1. The van der Waals surface area contributed by atoms with Crippen molar-refractivity contribution in [2.24, 2.45) is 5.92 Å². The van der Waals surface area contributed by atoms with Gasteiger partial charge in [-0.2, -0.15) is 0 Å². The first-order valence-electron chi connectivity index (χ1n) is 10.0. The van der Waals surface area contributed by atoms with Gasteiger partial charge in [-0.05, 0) is 43.0 Å². The fraction of sp³-hybridized carbons (Fsp3) is 0.318. The lowest BCUT2D eigenvalue weighted by molar-refractivity contribution is 0.129. The van der Waals surface area contributed by atoms with Gasteiger partial charge in [0.1, 0.15) is 17.5 Å². The number of aromatic nitrogens is 2. The molecule has 31 heavy (non-hydrogen) atoms.